The van der Waals surface area contributed by atoms with E-state index in [4.69, 9.17) is 90.4 Å². The fraction of sp³-hybridized carbons (Fsp3) is 0.825. The summed E-state index contributed by atoms with van der Waals surface area (Å²) >= 11 is 0. The van der Waals surface area contributed by atoms with Crippen LogP contribution in [0.3, 0.4) is 0 Å². The van der Waals surface area contributed by atoms with Crippen molar-refractivity contribution in [2.24, 2.45) is 5.73 Å². The number of carbonyl (C=O) groups is 2. The van der Waals surface area contributed by atoms with E-state index in [1.165, 1.54) is 20.0 Å². The Morgan fingerprint density at radius 3 is 1.31 bits per heavy atom. The van der Waals surface area contributed by atoms with E-state index in [0.29, 0.717) is 26.1 Å². The first-order valence-corrected chi connectivity index (χ1v) is 37.9. The summed E-state index contributed by atoms with van der Waals surface area (Å²) in [5.41, 5.74) is 5.37. The maximum absolute atomic E-state index is 12.2. The van der Waals surface area contributed by atoms with E-state index >= 15 is 0 Å². The number of aliphatic hydroxyl groups is 1. The zero-order chi connectivity index (χ0) is 67.4. The van der Waals surface area contributed by atoms with Gasteiger partial charge in [0.25, 0.3) is 0 Å². The normalized spacial score (nSPS) is 14.2. The highest BCUT2D eigenvalue weighted by molar-refractivity contribution is 7.53. The molecule has 0 aromatic carbocycles. The lowest BCUT2D eigenvalue weighted by atomic mass is 10.2. The highest BCUT2D eigenvalue weighted by atomic mass is 31.2. The number of terminal acetylenes is 4. The van der Waals surface area contributed by atoms with Gasteiger partial charge >= 0.3 is 38.4 Å². The van der Waals surface area contributed by atoms with Gasteiger partial charge in [0.1, 0.15) is 6.61 Å². The topological polar surface area (TPSA) is 310 Å². The minimum Gasteiger partial charge on any atom is -0.394 e. The Kier molecular flexibility index (Phi) is 59.7. The zero-order valence-electron chi connectivity index (χ0n) is 55.1. The van der Waals surface area contributed by atoms with Crippen LogP contribution in [-0.2, 0) is 91.4 Å². The number of ether oxygens (including phenoxy) is 1. The second-order valence-corrected chi connectivity index (χ2v) is 29.9. The summed E-state index contributed by atoms with van der Waals surface area (Å²) in [6.07, 6.45) is 26.2. The van der Waals surface area contributed by atoms with Crippen LogP contribution >= 0.6 is 38.4 Å². The van der Waals surface area contributed by atoms with Crippen LogP contribution in [0.25, 0.3) is 0 Å². The number of phosphoric ester groups is 2. The first kappa shape index (κ1) is 92.5. The minimum atomic E-state index is -3.51. The van der Waals surface area contributed by atoms with Gasteiger partial charge < -0.3 is 53.4 Å². The van der Waals surface area contributed by atoms with Crippen molar-refractivity contribution in [2.75, 3.05) is 79.3 Å². The van der Waals surface area contributed by atoms with Gasteiger partial charge in [0, 0.05) is 52.2 Å². The number of hydrogen-bond donors (Lipinski definition) is 4. The summed E-state index contributed by atoms with van der Waals surface area (Å²) in [7, 11) is -15.9. The summed E-state index contributed by atoms with van der Waals surface area (Å²) in [4.78, 5) is 23.3. The van der Waals surface area contributed by atoms with Gasteiger partial charge in [-0.2, -0.15) is 0 Å². The highest BCUT2D eigenvalue weighted by Gasteiger charge is 2.32. The molecule has 0 aromatic heterocycles. The van der Waals surface area contributed by atoms with Gasteiger partial charge in [0.05, 0.1) is 101 Å². The summed E-state index contributed by atoms with van der Waals surface area (Å²) in [5, 5.41) is 14.4. The Morgan fingerprint density at radius 2 is 0.907 bits per heavy atom. The smallest absolute Gasteiger partial charge is 0.394 e. The number of nitrogens with two attached hydrogens (primary N) is 1. The third kappa shape index (κ3) is 69.2. The number of hydrogen-bond acceptors (Lipinski definition) is 22. The third-order valence-corrected chi connectivity index (χ3v) is 16.8. The molecule has 0 rings (SSSR count). The van der Waals surface area contributed by atoms with Crippen LogP contribution in [0.15, 0.2) is 0 Å². The van der Waals surface area contributed by atoms with Gasteiger partial charge in [-0.3, -0.25) is 50.4 Å². The molecule has 86 heavy (non-hydrogen) atoms. The molecule has 0 saturated heterocycles. The Morgan fingerprint density at radius 1 is 0.477 bits per heavy atom. The molecule has 0 saturated carbocycles. The fourth-order valence-electron chi connectivity index (χ4n) is 5.83. The van der Waals surface area contributed by atoms with Gasteiger partial charge in [-0.15, -0.1) is 43.5 Å². The van der Waals surface area contributed by atoms with E-state index in [-0.39, 0.29) is 113 Å². The SMILES string of the molecule is C#CCC(C)OP(=O)(OC(C)C)OC(C)C.C#CCCCCOP(C)(=O)OC(C)C.C#CCCOP(=O)(OC(C)C)OC(C)C.C#CCOCCC(=O)NCCC(=O)NC(CO)COP(C)(=O)OC(C)C.CC(C)OP(C)(=O)OCCCCCCN. The molecule has 29 heteroatoms. The predicted molar refractivity (Wildman–Crippen MR) is 342 cm³/mol. The van der Waals surface area contributed by atoms with Crippen molar-refractivity contribution in [3.8, 4) is 49.4 Å². The average molecular weight is 1330 g/mol. The van der Waals surface area contributed by atoms with E-state index in [9.17, 15) is 37.5 Å². The number of carbonyl (C=O) groups excluding carboxylic acids is 2. The average Bonchev–Trinajstić information content (AvgIpc) is 3.57. The van der Waals surface area contributed by atoms with E-state index in [1.807, 2.05) is 27.7 Å². The molecule has 0 radical (unpaired) electrons. The lowest BCUT2D eigenvalue weighted by Gasteiger charge is -2.24. The van der Waals surface area contributed by atoms with Crippen LogP contribution in [0.2, 0.25) is 0 Å². The largest absolute Gasteiger partial charge is 0.475 e. The van der Waals surface area contributed by atoms with Gasteiger partial charge in [-0.05, 0) is 136 Å². The fourth-order valence-corrected chi connectivity index (χ4v) is 12.9. The number of aliphatic hydroxyl groups excluding tert-OH is 1. The zero-order valence-corrected chi connectivity index (χ0v) is 59.5. The van der Waals surface area contributed by atoms with E-state index < -0.39 is 44.5 Å². The highest BCUT2D eigenvalue weighted by Crippen LogP contribution is 2.53. The molecule has 0 aliphatic rings. The lowest BCUT2D eigenvalue weighted by molar-refractivity contribution is -0.123. The first-order valence-electron chi connectivity index (χ1n) is 29.0. The molecule has 0 heterocycles. The maximum atomic E-state index is 12.2. The monoisotopic (exact) mass is 1330 g/mol. The summed E-state index contributed by atoms with van der Waals surface area (Å²) in [6, 6.07) is -0.723. The summed E-state index contributed by atoms with van der Waals surface area (Å²) < 4.78 is 126. The van der Waals surface area contributed by atoms with E-state index in [0.717, 1.165) is 51.5 Å². The van der Waals surface area contributed by atoms with Gasteiger partial charge in [-0.25, -0.2) is 9.13 Å². The second-order valence-electron chi connectivity index (χ2n) is 20.8. The number of unbranched alkanes of at least 4 members (excludes halogenated alkanes) is 5. The summed E-state index contributed by atoms with van der Waals surface area (Å²) in [6.45, 7) is 32.8. The van der Waals surface area contributed by atoms with Crippen molar-refractivity contribution in [3.05, 3.63) is 0 Å². The Labute approximate surface area is 519 Å². The summed E-state index contributed by atoms with van der Waals surface area (Å²) in [5.74, 6) is 9.02. The molecule has 5 atom stereocenters. The van der Waals surface area contributed by atoms with Crippen molar-refractivity contribution in [2.45, 2.75) is 229 Å². The van der Waals surface area contributed by atoms with Crippen molar-refractivity contribution in [1.29, 1.82) is 0 Å². The van der Waals surface area contributed by atoms with Gasteiger partial charge in [0.15, 0.2) is 0 Å². The van der Waals surface area contributed by atoms with Crippen molar-refractivity contribution in [3.63, 3.8) is 0 Å². The molecule has 0 fully saturated rings. The van der Waals surface area contributed by atoms with E-state index in [1.54, 1.807) is 76.2 Å². The third-order valence-electron chi connectivity index (χ3n) is 8.67. The molecule has 5 unspecified atom stereocenters. The predicted octanol–water partition coefficient (Wildman–Crippen LogP) is 12.5. The van der Waals surface area contributed by atoms with Crippen LogP contribution in [-0.4, -0.2) is 151 Å². The molecule has 0 aliphatic carbocycles. The van der Waals surface area contributed by atoms with Crippen LogP contribution in [0.4, 0.5) is 0 Å². The maximum Gasteiger partial charge on any atom is 0.475 e. The van der Waals surface area contributed by atoms with Crippen molar-refractivity contribution < 1.29 is 96.5 Å². The molecule has 0 bridgehead atoms. The van der Waals surface area contributed by atoms with Crippen LogP contribution < -0.4 is 16.4 Å². The number of rotatable bonds is 44. The number of phosphoric acid groups is 2. The molecular formula is C57H112N3O21P5. The Balaban J connectivity index is -0.000000326. The Bertz CT molecular complexity index is 2130. The van der Waals surface area contributed by atoms with Crippen LogP contribution in [0, 0.1) is 49.4 Å². The lowest BCUT2D eigenvalue weighted by Crippen LogP contribution is -2.42. The van der Waals surface area contributed by atoms with Crippen LogP contribution in [0.5, 0.6) is 0 Å². The second kappa shape index (κ2) is 55.6. The standard InChI is InChI=1S/C16H29N2O7P.C11H21O4P.C10H24NO3P.C10H19O4P.C10H19O3P/c1-5-9-23-10-7-15(20)17-8-6-16(21)18-14(11-19)12-24-26(4,22)25-13(2)3;1-7-8-11(6)15-16(12,13-9(2)3)14-10(4)5;1-10(2)14-15(3,12)13-9-7-5-4-6-8-11;1-6-7-8-12-15(11,13-9(2)3)14-10(4)5;1-5-6-7-8-9-12-14(4,11)13-10(2)3/h1,13-14,19H,6-12H2,2-4H3,(H,17,20)(H,18,21);1,9-11H,8H2,2-6H3;10H,4-9,11H2,1-3H3;1,9-10H,7-8H2,2-5H3;1,10H,6-9H2,2-4H3. The number of nitrogens with one attached hydrogen (secondary N) is 2. The van der Waals surface area contributed by atoms with Crippen LogP contribution in [0.1, 0.15) is 174 Å². The molecule has 2 amide bonds. The minimum absolute atomic E-state index is 0.0275. The Hall–Kier alpha value is -2.27. The van der Waals surface area contributed by atoms with Gasteiger partial charge in [-0.1, -0.05) is 18.8 Å². The molecule has 0 spiro atoms. The van der Waals surface area contributed by atoms with Crippen molar-refractivity contribution in [1.82, 2.24) is 10.6 Å². The van der Waals surface area contributed by atoms with Crippen molar-refractivity contribution >= 4 is 50.2 Å². The quantitative estimate of drug-likeness (QED) is 0.0250. The first-order chi connectivity index (χ1) is 39.8. The molecule has 0 aliphatic heterocycles. The number of amides is 2. The van der Waals surface area contributed by atoms with E-state index in [2.05, 4.69) is 34.3 Å². The molecule has 5 N–H and O–H groups in total. The van der Waals surface area contributed by atoms with Gasteiger partial charge in [0.2, 0.25) is 11.8 Å². The molecule has 0 aromatic rings. The molecule has 506 valence electrons. The molecular weight excluding hydrogens is 1220 g/mol. The molecule has 24 nitrogen and oxygen atoms in total.